The van der Waals surface area contributed by atoms with Gasteiger partial charge in [0.2, 0.25) is 0 Å². The second-order valence-electron chi connectivity index (χ2n) is 5.69. The molecule has 3 aromatic rings. The minimum absolute atomic E-state index is 0.0711. The van der Waals surface area contributed by atoms with Crippen molar-refractivity contribution in [3.63, 3.8) is 0 Å². The maximum absolute atomic E-state index is 11.2. The number of nitrogens with zero attached hydrogens (tertiary/aromatic N) is 2. The summed E-state index contributed by atoms with van der Waals surface area (Å²) >= 11 is 3.47. The van der Waals surface area contributed by atoms with Gasteiger partial charge in [-0.25, -0.2) is 4.79 Å². The van der Waals surface area contributed by atoms with E-state index in [2.05, 4.69) is 21.0 Å². The third-order valence-corrected chi connectivity index (χ3v) is 4.23. The van der Waals surface area contributed by atoms with Crippen molar-refractivity contribution >= 4 is 21.9 Å². The van der Waals surface area contributed by atoms with E-state index >= 15 is 0 Å². The molecule has 0 radical (unpaired) electrons. The van der Waals surface area contributed by atoms with Gasteiger partial charge < -0.3 is 9.84 Å². The molecule has 2 aromatic carbocycles. The van der Waals surface area contributed by atoms with Gasteiger partial charge in [0.25, 0.3) is 0 Å². The van der Waals surface area contributed by atoms with Gasteiger partial charge in [-0.15, -0.1) is 0 Å². The molecule has 6 heteroatoms. The third kappa shape index (κ3) is 4.28. The number of carboxylic acid groups (broad SMARTS) is 1. The Morgan fingerprint density at radius 1 is 1.24 bits per heavy atom. The van der Waals surface area contributed by atoms with Gasteiger partial charge in [0, 0.05) is 21.8 Å². The number of carbonyl (C=O) groups is 1. The summed E-state index contributed by atoms with van der Waals surface area (Å²) in [5, 5.41) is 13.3. The molecule has 0 amide bonds. The topological polar surface area (TPSA) is 64.4 Å². The van der Waals surface area contributed by atoms with Gasteiger partial charge >= 0.3 is 5.97 Å². The smallest absolute Gasteiger partial charge is 0.356 e. The lowest BCUT2D eigenvalue weighted by Crippen LogP contribution is -2.06. The van der Waals surface area contributed by atoms with Crippen LogP contribution in [0.1, 0.15) is 27.2 Å². The van der Waals surface area contributed by atoms with E-state index in [9.17, 15) is 4.79 Å². The molecule has 0 aliphatic rings. The molecule has 5 nitrogen and oxygen atoms in total. The molecule has 0 saturated heterocycles. The molecule has 1 aromatic heterocycles. The van der Waals surface area contributed by atoms with E-state index in [0.717, 1.165) is 21.3 Å². The number of hydrogen-bond donors (Lipinski definition) is 1. The summed E-state index contributed by atoms with van der Waals surface area (Å²) < 4.78 is 8.51. The highest BCUT2D eigenvalue weighted by Gasteiger charge is 2.14. The molecule has 0 fully saturated rings. The summed E-state index contributed by atoms with van der Waals surface area (Å²) in [5.41, 5.74) is 2.71. The van der Waals surface area contributed by atoms with E-state index in [1.165, 1.54) is 0 Å². The lowest BCUT2D eigenvalue weighted by Gasteiger charge is -2.12. The van der Waals surface area contributed by atoms with Crippen LogP contribution in [0.15, 0.2) is 59.2 Å². The Hall–Kier alpha value is -2.60. The van der Waals surface area contributed by atoms with E-state index in [1.807, 2.05) is 48.5 Å². The van der Waals surface area contributed by atoms with Crippen LogP contribution >= 0.6 is 15.9 Å². The summed E-state index contributed by atoms with van der Waals surface area (Å²) in [6, 6.07) is 15.7. The highest BCUT2D eigenvalue weighted by Crippen LogP contribution is 2.25. The van der Waals surface area contributed by atoms with Crippen LogP contribution in [0.4, 0.5) is 0 Å². The van der Waals surface area contributed by atoms with Crippen LogP contribution < -0.4 is 4.74 Å². The average Bonchev–Trinajstić information content (AvgIpc) is 2.96. The Bertz CT molecular complexity index is 891. The van der Waals surface area contributed by atoms with Crippen LogP contribution in [0.2, 0.25) is 0 Å². The molecule has 0 aliphatic carbocycles. The molecular formula is C19H17BrN2O3. The van der Waals surface area contributed by atoms with Crippen molar-refractivity contribution < 1.29 is 14.6 Å². The first-order valence-electron chi connectivity index (χ1n) is 7.75. The Morgan fingerprint density at radius 3 is 2.68 bits per heavy atom. The number of ether oxygens (including phenoxy) is 1. The minimum Gasteiger partial charge on any atom is -0.489 e. The number of aryl methyl sites for hydroxylation is 1. The summed E-state index contributed by atoms with van der Waals surface area (Å²) in [5.74, 6) is -0.275. The zero-order valence-corrected chi connectivity index (χ0v) is 15.2. The molecule has 1 heterocycles. The first-order valence-corrected chi connectivity index (χ1v) is 8.55. The lowest BCUT2D eigenvalue weighted by atomic mass is 10.2. The van der Waals surface area contributed by atoms with Gasteiger partial charge in [0.05, 0.1) is 6.54 Å². The zero-order valence-electron chi connectivity index (χ0n) is 13.6. The van der Waals surface area contributed by atoms with Crippen LogP contribution in [0.3, 0.4) is 0 Å². The Labute approximate surface area is 154 Å². The van der Waals surface area contributed by atoms with E-state index in [1.54, 1.807) is 17.8 Å². The predicted molar refractivity (Wildman–Crippen MR) is 97.9 cm³/mol. The summed E-state index contributed by atoms with van der Waals surface area (Å²) in [6.07, 6.45) is 1.73. The van der Waals surface area contributed by atoms with Crippen molar-refractivity contribution in [2.75, 3.05) is 0 Å². The van der Waals surface area contributed by atoms with Crippen molar-refractivity contribution in [3.8, 4) is 5.75 Å². The lowest BCUT2D eigenvalue weighted by molar-refractivity contribution is 0.0688. The molecule has 0 unspecified atom stereocenters. The molecular weight excluding hydrogens is 384 g/mol. The van der Waals surface area contributed by atoms with Crippen LogP contribution in [-0.2, 0) is 13.2 Å². The first-order chi connectivity index (χ1) is 12.0. The minimum atomic E-state index is -1.02. The maximum atomic E-state index is 11.2. The van der Waals surface area contributed by atoms with Gasteiger partial charge in [-0.1, -0.05) is 46.3 Å². The molecule has 0 spiro atoms. The third-order valence-electron chi connectivity index (χ3n) is 3.74. The fraction of sp³-hybridized carbons (Fsp3) is 0.158. The highest BCUT2D eigenvalue weighted by molar-refractivity contribution is 9.10. The second kappa shape index (κ2) is 7.53. The van der Waals surface area contributed by atoms with Crippen LogP contribution in [-0.4, -0.2) is 20.9 Å². The van der Waals surface area contributed by atoms with Crippen molar-refractivity contribution in [2.45, 2.75) is 20.1 Å². The van der Waals surface area contributed by atoms with Gasteiger partial charge in [-0.05, 0) is 30.7 Å². The zero-order chi connectivity index (χ0) is 17.8. The Kier molecular flexibility index (Phi) is 5.19. The molecule has 0 atom stereocenters. The Morgan fingerprint density at radius 2 is 2.00 bits per heavy atom. The van der Waals surface area contributed by atoms with Crippen molar-refractivity contribution in [3.05, 3.63) is 81.6 Å². The fourth-order valence-electron chi connectivity index (χ4n) is 2.54. The standard InChI is InChI=1S/C19H17BrN2O3/c1-13-10-22(21-18(13)19(23)24)11-15-9-16(20)7-8-17(15)25-12-14-5-3-2-4-6-14/h2-10H,11-12H2,1H3,(H,23,24). The number of halogens is 1. The summed E-state index contributed by atoms with van der Waals surface area (Å²) in [7, 11) is 0. The monoisotopic (exact) mass is 400 g/mol. The van der Waals surface area contributed by atoms with Gasteiger partial charge in [-0.3, -0.25) is 4.68 Å². The van der Waals surface area contributed by atoms with Gasteiger partial charge in [-0.2, -0.15) is 5.10 Å². The van der Waals surface area contributed by atoms with Crippen LogP contribution in [0.25, 0.3) is 0 Å². The van der Waals surface area contributed by atoms with E-state index < -0.39 is 5.97 Å². The van der Waals surface area contributed by atoms with Gasteiger partial charge in [0.15, 0.2) is 5.69 Å². The molecule has 0 aliphatic heterocycles. The van der Waals surface area contributed by atoms with E-state index in [-0.39, 0.29) is 5.69 Å². The summed E-state index contributed by atoms with van der Waals surface area (Å²) in [6.45, 7) is 2.63. The number of aromatic nitrogens is 2. The number of rotatable bonds is 6. The van der Waals surface area contributed by atoms with E-state index in [0.29, 0.717) is 18.7 Å². The predicted octanol–water partition coefficient (Wildman–Crippen LogP) is 4.28. The Balaban J connectivity index is 1.81. The molecule has 25 heavy (non-hydrogen) atoms. The second-order valence-corrected chi connectivity index (χ2v) is 6.61. The molecule has 128 valence electrons. The number of hydrogen-bond acceptors (Lipinski definition) is 3. The molecule has 1 N–H and O–H groups in total. The van der Waals surface area contributed by atoms with Crippen molar-refractivity contribution in [1.82, 2.24) is 9.78 Å². The number of benzene rings is 2. The van der Waals surface area contributed by atoms with Crippen molar-refractivity contribution in [2.24, 2.45) is 0 Å². The van der Waals surface area contributed by atoms with Crippen LogP contribution in [0.5, 0.6) is 5.75 Å². The maximum Gasteiger partial charge on any atom is 0.356 e. The van der Waals surface area contributed by atoms with Crippen molar-refractivity contribution in [1.29, 1.82) is 0 Å². The largest absolute Gasteiger partial charge is 0.489 e. The number of carboxylic acids is 1. The highest BCUT2D eigenvalue weighted by atomic mass is 79.9. The fourth-order valence-corrected chi connectivity index (χ4v) is 2.94. The molecule has 3 rings (SSSR count). The van der Waals surface area contributed by atoms with E-state index in [4.69, 9.17) is 9.84 Å². The quantitative estimate of drug-likeness (QED) is 0.670. The SMILES string of the molecule is Cc1cn(Cc2cc(Br)ccc2OCc2ccccc2)nc1C(=O)O. The first kappa shape index (κ1) is 17.2. The summed E-state index contributed by atoms with van der Waals surface area (Å²) in [4.78, 5) is 11.2. The average molecular weight is 401 g/mol. The van der Waals surface area contributed by atoms with Gasteiger partial charge in [0.1, 0.15) is 12.4 Å². The number of aromatic carboxylic acids is 1. The molecule has 0 bridgehead atoms. The van der Waals surface area contributed by atoms with Crippen LogP contribution in [0, 0.1) is 6.92 Å². The normalized spacial score (nSPS) is 10.6. The molecule has 0 saturated carbocycles.